The van der Waals surface area contributed by atoms with E-state index in [1.165, 1.54) is 0 Å². The average molecular weight is 282 g/mol. The summed E-state index contributed by atoms with van der Waals surface area (Å²) < 4.78 is 0. The van der Waals surface area contributed by atoms with Gasteiger partial charge in [0.1, 0.15) is 0 Å². The molecule has 0 bridgehead atoms. The fourth-order valence-electron chi connectivity index (χ4n) is 2.95. The van der Waals surface area contributed by atoms with E-state index < -0.39 is 0 Å². The largest absolute Gasteiger partial charge is 0.395 e. The van der Waals surface area contributed by atoms with Crippen LogP contribution in [0.15, 0.2) is 0 Å². The van der Waals surface area contributed by atoms with Gasteiger partial charge in [0.15, 0.2) is 0 Å². The minimum atomic E-state index is -0.0791. The summed E-state index contributed by atoms with van der Waals surface area (Å²) in [6.45, 7) is 4.49. The monoisotopic (exact) mass is 282 g/mol. The smallest absolute Gasteiger partial charge is 0.227 e. The van der Waals surface area contributed by atoms with Gasteiger partial charge in [0.2, 0.25) is 11.8 Å². The van der Waals surface area contributed by atoms with Gasteiger partial charge in [0.05, 0.1) is 12.5 Å². The lowest BCUT2D eigenvalue weighted by Crippen LogP contribution is -2.47. The normalized spacial score (nSPS) is 22.7. The number of amides is 2. The van der Waals surface area contributed by atoms with Crippen LogP contribution in [0.2, 0.25) is 0 Å². The maximum Gasteiger partial charge on any atom is 0.227 e. The zero-order valence-electron chi connectivity index (χ0n) is 12.4. The maximum absolute atomic E-state index is 12.5. The van der Waals surface area contributed by atoms with Crippen molar-refractivity contribution in [1.82, 2.24) is 9.80 Å². The summed E-state index contributed by atoms with van der Waals surface area (Å²) in [4.78, 5) is 28.2. The number of rotatable bonds is 6. The van der Waals surface area contributed by atoms with Crippen LogP contribution in [0.4, 0.5) is 0 Å². The summed E-state index contributed by atoms with van der Waals surface area (Å²) in [5.41, 5.74) is 0. The van der Waals surface area contributed by atoms with E-state index in [1.54, 1.807) is 4.90 Å². The van der Waals surface area contributed by atoms with Crippen LogP contribution in [0.5, 0.6) is 0 Å². The number of piperidine rings is 1. The zero-order valence-corrected chi connectivity index (χ0v) is 12.4. The minimum absolute atomic E-state index is 0.00315. The molecule has 1 saturated heterocycles. The van der Waals surface area contributed by atoms with Crippen LogP contribution in [0.1, 0.15) is 39.0 Å². The van der Waals surface area contributed by atoms with Gasteiger partial charge < -0.3 is 14.9 Å². The zero-order chi connectivity index (χ0) is 14.5. The van der Waals surface area contributed by atoms with Crippen molar-refractivity contribution in [3.8, 4) is 0 Å². The molecule has 1 N–H and O–H groups in total. The van der Waals surface area contributed by atoms with Crippen molar-refractivity contribution in [1.29, 1.82) is 0 Å². The second-order valence-electron chi connectivity index (χ2n) is 5.95. The Hall–Kier alpha value is -1.10. The van der Waals surface area contributed by atoms with E-state index in [1.807, 2.05) is 11.8 Å². The molecule has 2 aliphatic rings. The lowest BCUT2D eigenvalue weighted by molar-refractivity contribution is -0.141. The van der Waals surface area contributed by atoms with Gasteiger partial charge in [-0.25, -0.2) is 0 Å². The Morgan fingerprint density at radius 3 is 2.55 bits per heavy atom. The van der Waals surface area contributed by atoms with E-state index in [9.17, 15) is 9.59 Å². The molecule has 2 fully saturated rings. The molecule has 0 aromatic heterocycles. The van der Waals surface area contributed by atoms with Crippen LogP contribution in [-0.4, -0.2) is 59.5 Å². The SMILES string of the molecule is CCCN(CCO)C(=O)C1CCCN(C(=O)C2CC2)C1. The first-order valence-electron chi connectivity index (χ1n) is 7.85. The summed E-state index contributed by atoms with van der Waals surface area (Å²) >= 11 is 0. The third-order valence-electron chi connectivity index (χ3n) is 4.18. The topological polar surface area (TPSA) is 60.9 Å². The van der Waals surface area contributed by atoms with Crippen LogP contribution >= 0.6 is 0 Å². The number of carbonyl (C=O) groups is 2. The number of carbonyl (C=O) groups excluding carboxylic acids is 2. The molecule has 5 heteroatoms. The predicted molar refractivity (Wildman–Crippen MR) is 76.0 cm³/mol. The first-order valence-corrected chi connectivity index (χ1v) is 7.85. The predicted octanol–water partition coefficient (Wildman–Crippen LogP) is 0.866. The Bertz CT molecular complexity index is 349. The van der Waals surface area contributed by atoms with E-state index in [-0.39, 0.29) is 30.3 Å². The van der Waals surface area contributed by atoms with Crippen LogP contribution in [0, 0.1) is 11.8 Å². The molecule has 0 spiro atoms. The van der Waals surface area contributed by atoms with Crippen LogP contribution < -0.4 is 0 Å². The van der Waals surface area contributed by atoms with Crippen molar-refractivity contribution < 1.29 is 14.7 Å². The highest BCUT2D eigenvalue weighted by Crippen LogP contribution is 2.32. The highest BCUT2D eigenvalue weighted by Gasteiger charge is 2.37. The Labute approximate surface area is 120 Å². The van der Waals surface area contributed by atoms with E-state index in [2.05, 4.69) is 0 Å². The molecule has 1 unspecified atom stereocenters. The molecule has 1 heterocycles. The van der Waals surface area contributed by atoms with Crippen molar-refractivity contribution in [3.05, 3.63) is 0 Å². The minimum Gasteiger partial charge on any atom is -0.395 e. The van der Waals surface area contributed by atoms with Crippen molar-refractivity contribution in [3.63, 3.8) is 0 Å². The summed E-state index contributed by atoms with van der Waals surface area (Å²) in [7, 11) is 0. The summed E-state index contributed by atoms with van der Waals surface area (Å²) in [5.74, 6) is 0.499. The molecule has 2 rings (SSSR count). The van der Waals surface area contributed by atoms with E-state index in [0.29, 0.717) is 19.6 Å². The first kappa shape index (κ1) is 15.3. The number of hydrogen-bond acceptors (Lipinski definition) is 3. The van der Waals surface area contributed by atoms with Crippen LogP contribution in [0.25, 0.3) is 0 Å². The van der Waals surface area contributed by atoms with Gasteiger partial charge >= 0.3 is 0 Å². The second kappa shape index (κ2) is 7.07. The van der Waals surface area contributed by atoms with E-state index in [0.717, 1.165) is 38.6 Å². The highest BCUT2D eigenvalue weighted by atomic mass is 16.3. The number of likely N-dealkylation sites (tertiary alicyclic amines) is 1. The molecule has 114 valence electrons. The lowest BCUT2D eigenvalue weighted by atomic mass is 9.96. The molecule has 0 aromatic carbocycles. The third kappa shape index (κ3) is 3.72. The van der Waals surface area contributed by atoms with Crippen molar-refractivity contribution in [2.45, 2.75) is 39.0 Å². The number of aliphatic hydroxyl groups is 1. The molecule has 20 heavy (non-hydrogen) atoms. The fourth-order valence-corrected chi connectivity index (χ4v) is 2.95. The average Bonchev–Trinajstić information content (AvgIpc) is 3.30. The van der Waals surface area contributed by atoms with Gasteiger partial charge in [0.25, 0.3) is 0 Å². The quantitative estimate of drug-likeness (QED) is 0.786. The second-order valence-corrected chi connectivity index (χ2v) is 5.95. The Kier molecular flexibility index (Phi) is 5.40. The summed E-state index contributed by atoms with van der Waals surface area (Å²) in [6, 6.07) is 0. The number of hydrogen-bond donors (Lipinski definition) is 1. The molecule has 5 nitrogen and oxygen atoms in total. The van der Waals surface area contributed by atoms with Crippen molar-refractivity contribution in [2.75, 3.05) is 32.8 Å². The third-order valence-corrected chi connectivity index (χ3v) is 4.18. The van der Waals surface area contributed by atoms with Crippen molar-refractivity contribution >= 4 is 11.8 Å². The number of aliphatic hydroxyl groups excluding tert-OH is 1. The Morgan fingerprint density at radius 1 is 1.20 bits per heavy atom. The van der Waals surface area contributed by atoms with E-state index >= 15 is 0 Å². The van der Waals surface area contributed by atoms with Gasteiger partial charge in [-0.15, -0.1) is 0 Å². The molecule has 1 aliphatic heterocycles. The molecular formula is C15H26N2O3. The molecule has 1 saturated carbocycles. The van der Waals surface area contributed by atoms with Gasteiger partial charge in [-0.1, -0.05) is 6.92 Å². The van der Waals surface area contributed by atoms with Gasteiger partial charge in [-0.05, 0) is 32.1 Å². The summed E-state index contributed by atoms with van der Waals surface area (Å²) in [5, 5.41) is 9.07. The lowest BCUT2D eigenvalue weighted by Gasteiger charge is -2.35. The van der Waals surface area contributed by atoms with Gasteiger partial charge in [0, 0.05) is 32.1 Å². The highest BCUT2D eigenvalue weighted by molar-refractivity contribution is 5.83. The fraction of sp³-hybridized carbons (Fsp3) is 0.867. The molecule has 0 aromatic rings. The van der Waals surface area contributed by atoms with Gasteiger partial charge in [-0.3, -0.25) is 9.59 Å². The molecule has 0 radical (unpaired) electrons. The summed E-state index contributed by atoms with van der Waals surface area (Å²) in [6.07, 6.45) is 4.69. The maximum atomic E-state index is 12.5. The molecule has 2 amide bonds. The van der Waals surface area contributed by atoms with Gasteiger partial charge in [-0.2, -0.15) is 0 Å². The molecule has 1 atom stereocenters. The first-order chi connectivity index (χ1) is 9.67. The van der Waals surface area contributed by atoms with Crippen LogP contribution in [0.3, 0.4) is 0 Å². The Morgan fingerprint density at radius 2 is 1.95 bits per heavy atom. The number of nitrogens with zero attached hydrogens (tertiary/aromatic N) is 2. The Balaban J connectivity index is 1.92. The molecule has 1 aliphatic carbocycles. The van der Waals surface area contributed by atoms with Crippen molar-refractivity contribution in [2.24, 2.45) is 11.8 Å². The standard InChI is InChI=1S/C15H26N2O3/c1-2-7-16(9-10-18)15(20)13-4-3-8-17(11-13)14(19)12-5-6-12/h12-13,18H,2-11H2,1H3. The van der Waals surface area contributed by atoms with Crippen LogP contribution in [-0.2, 0) is 9.59 Å². The van der Waals surface area contributed by atoms with E-state index in [4.69, 9.17) is 5.11 Å². The molecular weight excluding hydrogens is 256 g/mol.